The molecule has 4 atom stereocenters. The van der Waals surface area contributed by atoms with E-state index in [9.17, 15) is 14.7 Å². The first-order chi connectivity index (χ1) is 9.21. The van der Waals surface area contributed by atoms with Crippen molar-refractivity contribution in [3.8, 4) is 0 Å². The number of carboxylic acid groups (broad SMARTS) is 2. The van der Waals surface area contributed by atoms with Gasteiger partial charge in [-0.3, -0.25) is 9.59 Å². The minimum atomic E-state index is -0.853. The highest BCUT2D eigenvalue weighted by Gasteiger charge is 2.56. The minimum absolute atomic E-state index is 0.0197. The molecule has 2 N–H and O–H groups in total. The van der Waals surface area contributed by atoms with Crippen LogP contribution in [0.4, 0.5) is 0 Å². The predicted octanol–water partition coefficient (Wildman–Crippen LogP) is 3.10. The standard InChI is InChI=1S/C16H22O4/c1-10-5-6-12-15(2,11(10)9-13(17)18)7-4-8-16(12,3)14(19)20/h5-6,11-12H,1,4,7-9H2,2-3H3,(H,17,18)(H,19,20)/t11-,12+,15+,16-/m0/s1. The molecule has 2 aliphatic rings. The second kappa shape index (κ2) is 4.76. The van der Waals surface area contributed by atoms with E-state index in [0.717, 1.165) is 18.4 Å². The Morgan fingerprint density at radius 2 is 2.00 bits per heavy atom. The maximum atomic E-state index is 11.7. The first-order valence-corrected chi connectivity index (χ1v) is 7.04. The quantitative estimate of drug-likeness (QED) is 0.831. The zero-order valence-electron chi connectivity index (χ0n) is 12.1. The number of rotatable bonds is 3. The van der Waals surface area contributed by atoms with Crippen LogP contribution in [0.3, 0.4) is 0 Å². The van der Waals surface area contributed by atoms with Gasteiger partial charge in [0.15, 0.2) is 0 Å². The smallest absolute Gasteiger partial charge is 0.309 e. The molecule has 20 heavy (non-hydrogen) atoms. The van der Waals surface area contributed by atoms with E-state index in [1.165, 1.54) is 0 Å². The Bertz CT molecular complexity index is 493. The lowest BCUT2D eigenvalue weighted by atomic mass is 9.48. The zero-order valence-corrected chi connectivity index (χ0v) is 12.1. The normalized spacial score (nSPS) is 40.2. The van der Waals surface area contributed by atoms with Crippen LogP contribution in [0.25, 0.3) is 0 Å². The summed E-state index contributed by atoms with van der Waals surface area (Å²) < 4.78 is 0. The van der Waals surface area contributed by atoms with E-state index >= 15 is 0 Å². The van der Waals surface area contributed by atoms with Crippen molar-refractivity contribution >= 4 is 11.9 Å². The molecule has 2 aliphatic carbocycles. The summed E-state index contributed by atoms with van der Waals surface area (Å²) in [6.45, 7) is 7.79. The molecule has 0 aromatic rings. The van der Waals surface area contributed by atoms with Crippen molar-refractivity contribution in [1.82, 2.24) is 0 Å². The Morgan fingerprint density at radius 1 is 1.35 bits per heavy atom. The molecule has 0 aromatic heterocycles. The molecule has 0 unspecified atom stereocenters. The van der Waals surface area contributed by atoms with Gasteiger partial charge in [-0.1, -0.05) is 37.6 Å². The van der Waals surface area contributed by atoms with E-state index in [-0.39, 0.29) is 23.7 Å². The van der Waals surface area contributed by atoms with Crippen LogP contribution in [0.2, 0.25) is 0 Å². The average molecular weight is 278 g/mol. The Labute approximate surface area is 119 Å². The Morgan fingerprint density at radius 3 is 2.55 bits per heavy atom. The number of hydrogen-bond donors (Lipinski definition) is 2. The molecule has 4 nitrogen and oxygen atoms in total. The van der Waals surface area contributed by atoms with Gasteiger partial charge in [0.2, 0.25) is 0 Å². The molecular formula is C16H22O4. The molecule has 0 aromatic carbocycles. The molecule has 1 saturated carbocycles. The van der Waals surface area contributed by atoms with Crippen molar-refractivity contribution in [3.63, 3.8) is 0 Å². The maximum Gasteiger partial charge on any atom is 0.309 e. The third-order valence-electron chi connectivity index (χ3n) is 5.42. The van der Waals surface area contributed by atoms with Crippen LogP contribution in [0.15, 0.2) is 24.3 Å². The lowest BCUT2D eigenvalue weighted by Crippen LogP contribution is -2.52. The molecule has 0 amide bonds. The summed E-state index contributed by atoms with van der Waals surface area (Å²) in [4.78, 5) is 22.9. The number of allylic oxidation sites excluding steroid dienone is 3. The van der Waals surface area contributed by atoms with Crippen LogP contribution >= 0.6 is 0 Å². The van der Waals surface area contributed by atoms with Crippen molar-refractivity contribution in [2.24, 2.45) is 22.7 Å². The van der Waals surface area contributed by atoms with Crippen molar-refractivity contribution in [2.75, 3.05) is 0 Å². The van der Waals surface area contributed by atoms with Crippen molar-refractivity contribution < 1.29 is 19.8 Å². The minimum Gasteiger partial charge on any atom is -0.481 e. The molecule has 0 heterocycles. The van der Waals surface area contributed by atoms with Gasteiger partial charge in [-0.2, -0.15) is 0 Å². The van der Waals surface area contributed by atoms with Crippen LogP contribution in [-0.2, 0) is 9.59 Å². The Balaban J connectivity index is 2.47. The SMILES string of the molecule is C=C1C=C[C@@H]2[C@](C)(CCC[C@]2(C)C(=O)O)[C@H]1CC(=O)O. The molecule has 0 saturated heterocycles. The molecule has 0 bridgehead atoms. The van der Waals surface area contributed by atoms with Crippen LogP contribution in [-0.4, -0.2) is 22.2 Å². The predicted molar refractivity (Wildman–Crippen MR) is 75.2 cm³/mol. The summed E-state index contributed by atoms with van der Waals surface area (Å²) in [7, 11) is 0. The number of hydrogen-bond acceptors (Lipinski definition) is 2. The Hall–Kier alpha value is -1.58. The van der Waals surface area contributed by atoms with Gasteiger partial charge in [-0.15, -0.1) is 0 Å². The van der Waals surface area contributed by atoms with E-state index in [4.69, 9.17) is 5.11 Å². The first kappa shape index (κ1) is 14.8. The summed E-state index contributed by atoms with van der Waals surface area (Å²) in [6, 6.07) is 0. The highest BCUT2D eigenvalue weighted by molar-refractivity contribution is 5.76. The van der Waals surface area contributed by atoms with Crippen molar-refractivity contribution in [1.29, 1.82) is 0 Å². The van der Waals surface area contributed by atoms with Gasteiger partial charge in [-0.05, 0) is 37.0 Å². The fourth-order valence-corrected chi connectivity index (χ4v) is 4.24. The molecule has 0 radical (unpaired) electrons. The average Bonchev–Trinajstić information content (AvgIpc) is 2.33. The fraction of sp³-hybridized carbons (Fsp3) is 0.625. The fourth-order valence-electron chi connectivity index (χ4n) is 4.24. The summed E-state index contributed by atoms with van der Waals surface area (Å²) >= 11 is 0. The largest absolute Gasteiger partial charge is 0.481 e. The third kappa shape index (κ3) is 2.07. The molecule has 110 valence electrons. The van der Waals surface area contributed by atoms with Gasteiger partial charge in [0.25, 0.3) is 0 Å². The van der Waals surface area contributed by atoms with Crippen LogP contribution in [0.1, 0.15) is 39.5 Å². The second-order valence-electron chi connectivity index (χ2n) is 6.64. The highest BCUT2D eigenvalue weighted by Crippen LogP contribution is 2.59. The summed E-state index contributed by atoms with van der Waals surface area (Å²) in [5.74, 6) is -1.97. The molecule has 1 fully saturated rings. The summed E-state index contributed by atoms with van der Waals surface area (Å²) in [5, 5.41) is 18.8. The molecule has 0 spiro atoms. The van der Waals surface area contributed by atoms with Gasteiger partial charge >= 0.3 is 11.9 Å². The third-order valence-corrected chi connectivity index (χ3v) is 5.42. The zero-order chi connectivity index (χ0) is 15.1. The van der Waals surface area contributed by atoms with Crippen molar-refractivity contribution in [3.05, 3.63) is 24.3 Å². The summed E-state index contributed by atoms with van der Waals surface area (Å²) in [5.41, 5.74) is -0.350. The number of carboxylic acids is 2. The molecular weight excluding hydrogens is 256 g/mol. The van der Waals surface area contributed by atoms with Gasteiger partial charge in [0.1, 0.15) is 0 Å². The number of carbonyl (C=O) groups is 2. The lowest BCUT2D eigenvalue weighted by molar-refractivity contribution is -0.159. The van der Waals surface area contributed by atoms with Crippen molar-refractivity contribution in [2.45, 2.75) is 39.5 Å². The molecule has 4 heteroatoms. The molecule has 2 rings (SSSR count). The van der Waals surface area contributed by atoms with E-state index in [1.54, 1.807) is 6.92 Å². The summed E-state index contributed by atoms with van der Waals surface area (Å²) in [6.07, 6.45) is 6.08. The molecule has 0 aliphatic heterocycles. The maximum absolute atomic E-state index is 11.7. The topological polar surface area (TPSA) is 74.6 Å². The second-order valence-corrected chi connectivity index (χ2v) is 6.64. The van der Waals surface area contributed by atoms with Gasteiger partial charge < -0.3 is 10.2 Å². The van der Waals surface area contributed by atoms with Gasteiger partial charge in [0.05, 0.1) is 11.8 Å². The lowest BCUT2D eigenvalue weighted by Gasteiger charge is -2.54. The first-order valence-electron chi connectivity index (χ1n) is 7.04. The number of fused-ring (bicyclic) bond motifs is 1. The van der Waals surface area contributed by atoms with E-state index in [1.807, 2.05) is 19.1 Å². The monoisotopic (exact) mass is 278 g/mol. The Kier molecular flexibility index (Phi) is 3.53. The van der Waals surface area contributed by atoms with Gasteiger partial charge in [-0.25, -0.2) is 0 Å². The number of aliphatic carboxylic acids is 2. The van der Waals surface area contributed by atoms with Crippen LogP contribution in [0, 0.1) is 22.7 Å². The van der Waals surface area contributed by atoms with Crippen LogP contribution in [0.5, 0.6) is 0 Å². The van der Waals surface area contributed by atoms with Gasteiger partial charge in [0, 0.05) is 0 Å². The van der Waals surface area contributed by atoms with E-state index in [2.05, 4.69) is 6.58 Å². The highest BCUT2D eigenvalue weighted by atomic mass is 16.4. The van der Waals surface area contributed by atoms with E-state index in [0.29, 0.717) is 6.42 Å². The van der Waals surface area contributed by atoms with Crippen LogP contribution < -0.4 is 0 Å². The van der Waals surface area contributed by atoms with E-state index < -0.39 is 17.4 Å².